The van der Waals surface area contributed by atoms with Crippen molar-refractivity contribution in [2.75, 3.05) is 25.2 Å². The van der Waals surface area contributed by atoms with Gasteiger partial charge < -0.3 is 24.8 Å². The number of pyridine rings is 1. The fourth-order valence-corrected chi connectivity index (χ4v) is 4.33. The number of carboxylic acids is 1. The highest BCUT2D eigenvalue weighted by atomic mass is 32.2. The number of carbonyl (C=O) groups excluding carboxylic acids is 2. The monoisotopic (exact) mass is 501 g/mol. The number of rotatable bonds is 12. The lowest BCUT2D eigenvalue weighted by molar-refractivity contribution is -0.144. The molecule has 2 amide bonds. The van der Waals surface area contributed by atoms with E-state index in [0.717, 1.165) is 12.0 Å². The number of nitrogens with zero attached hydrogens (tertiary/aromatic N) is 2. The SMILES string of the molecule is CSCC[C@H](NC(=O)C(Cc1ccccc1)OC[C@@H]1CCCN1C(=O)Oc1cccnc1)C(=O)O. The van der Waals surface area contributed by atoms with E-state index >= 15 is 0 Å². The third-order valence-electron chi connectivity index (χ3n) is 5.72. The molecule has 10 heteroatoms. The van der Waals surface area contributed by atoms with Crippen molar-refractivity contribution in [3.05, 3.63) is 60.4 Å². The average molecular weight is 502 g/mol. The number of likely N-dealkylation sites (tertiary alicyclic amines) is 1. The zero-order valence-electron chi connectivity index (χ0n) is 19.7. The van der Waals surface area contributed by atoms with Crippen molar-refractivity contribution in [2.24, 2.45) is 0 Å². The van der Waals surface area contributed by atoms with Gasteiger partial charge in [0.25, 0.3) is 0 Å². The van der Waals surface area contributed by atoms with E-state index in [1.165, 1.54) is 18.0 Å². The number of thioether (sulfide) groups is 1. The highest BCUT2D eigenvalue weighted by molar-refractivity contribution is 7.98. The maximum atomic E-state index is 13.1. The van der Waals surface area contributed by atoms with Gasteiger partial charge in [-0.25, -0.2) is 9.59 Å². The molecule has 188 valence electrons. The average Bonchev–Trinajstić information content (AvgIpc) is 3.34. The van der Waals surface area contributed by atoms with Crippen LogP contribution in [-0.4, -0.2) is 76.3 Å². The van der Waals surface area contributed by atoms with Crippen LogP contribution in [-0.2, 0) is 20.7 Å². The quantitative estimate of drug-likeness (QED) is 0.456. The lowest BCUT2D eigenvalue weighted by Crippen LogP contribution is -2.48. The number of amides is 2. The molecule has 1 aromatic heterocycles. The molecule has 2 aromatic rings. The minimum atomic E-state index is -1.08. The molecule has 1 aliphatic heterocycles. The van der Waals surface area contributed by atoms with Crippen molar-refractivity contribution in [3.8, 4) is 5.75 Å². The summed E-state index contributed by atoms with van der Waals surface area (Å²) in [6.07, 6.45) is 5.67. The van der Waals surface area contributed by atoms with Crippen molar-refractivity contribution in [1.29, 1.82) is 0 Å². The third kappa shape index (κ3) is 8.25. The predicted octanol–water partition coefficient (Wildman–Crippen LogP) is 3.00. The molecule has 1 unspecified atom stereocenters. The standard InChI is InChI=1S/C25H31N3O6S/c1-35-14-11-21(24(30)31)27-23(29)22(15-18-7-3-2-4-8-18)33-17-19-9-6-13-28(19)25(32)34-20-10-5-12-26-16-20/h2-5,7-8,10,12,16,19,21-22H,6,9,11,13-15,17H2,1H3,(H,27,29)(H,30,31)/t19-,21-,22?/m0/s1. The van der Waals surface area contributed by atoms with Crippen LogP contribution in [0.4, 0.5) is 4.79 Å². The van der Waals surface area contributed by atoms with Gasteiger partial charge in [0, 0.05) is 19.2 Å². The van der Waals surface area contributed by atoms with E-state index in [9.17, 15) is 19.5 Å². The Morgan fingerprint density at radius 3 is 2.71 bits per heavy atom. The smallest absolute Gasteiger partial charge is 0.415 e. The molecule has 0 radical (unpaired) electrons. The molecular formula is C25H31N3O6S. The van der Waals surface area contributed by atoms with Gasteiger partial charge >= 0.3 is 12.1 Å². The lowest BCUT2D eigenvalue weighted by atomic mass is 10.1. The number of hydrogen-bond acceptors (Lipinski definition) is 7. The van der Waals surface area contributed by atoms with E-state index < -0.39 is 30.1 Å². The van der Waals surface area contributed by atoms with Gasteiger partial charge in [0.05, 0.1) is 18.8 Å². The van der Waals surface area contributed by atoms with Crippen LogP contribution in [0.2, 0.25) is 0 Å². The normalized spacial score (nSPS) is 16.9. The van der Waals surface area contributed by atoms with Crippen molar-refractivity contribution in [3.63, 3.8) is 0 Å². The lowest BCUT2D eigenvalue weighted by Gasteiger charge is -2.26. The van der Waals surface area contributed by atoms with Gasteiger partial charge in [-0.15, -0.1) is 0 Å². The van der Waals surface area contributed by atoms with Crippen LogP contribution in [0.25, 0.3) is 0 Å². The molecule has 1 fully saturated rings. The maximum Gasteiger partial charge on any atom is 0.415 e. The molecule has 1 saturated heterocycles. The van der Waals surface area contributed by atoms with Crippen LogP contribution in [0.1, 0.15) is 24.8 Å². The number of ether oxygens (including phenoxy) is 2. The van der Waals surface area contributed by atoms with Gasteiger partial charge in [-0.1, -0.05) is 30.3 Å². The molecule has 2 N–H and O–H groups in total. The van der Waals surface area contributed by atoms with Gasteiger partial charge in [-0.2, -0.15) is 11.8 Å². The van der Waals surface area contributed by atoms with Gasteiger partial charge in [0.15, 0.2) is 5.75 Å². The number of nitrogens with one attached hydrogen (secondary N) is 1. The van der Waals surface area contributed by atoms with E-state index in [-0.39, 0.29) is 19.1 Å². The van der Waals surface area contributed by atoms with Crippen molar-refractivity contribution < 1.29 is 29.0 Å². The molecule has 1 aromatic carbocycles. The summed E-state index contributed by atoms with van der Waals surface area (Å²) in [7, 11) is 0. The van der Waals surface area contributed by atoms with Crippen molar-refractivity contribution >= 4 is 29.7 Å². The summed E-state index contributed by atoms with van der Waals surface area (Å²) < 4.78 is 11.5. The molecule has 9 nitrogen and oxygen atoms in total. The fourth-order valence-electron chi connectivity index (χ4n) is 3.86. The Hall–Kier alpha value is -3.11. The summed E-state index contributed by atoms with van der Waals surface area (Å²) >= 11 is 1.52. The summed E-state index contributed by atoms with van der Waals surface area (Å²) in [5.41, 5.74) is 0.892. The molecule has 0 aliphatic carbocycles. The van der Waals surface area contributed by atoms with Gasteiger partial charge in [-0.3, -0.25) is 9.78 Å². The van der Waals surface area contributed by atoms with Crippen LogP contribution in [0.15, 0.2) is 54.9 Å². The Balaban J connectivity index is 1.65. The molecule has 2 heterocycles. The van der Waals surface area contributed by atoms with E-state index in [0.29, 0.717) is 30.9 Å². The van der Waals surface area contributed by atoms with Crippen LogP contribution in [0.5, 0.6) is 5.75 Å². The van der Waals surface area contributed by atoms with E-state index in [4.69, 9.17) is 9.47 Å². The largest absolute Gasteiger partial charge is 0.480 e. The van der Waals surface area contributed by atoms with Crippen molar-refractivity contribution in [2.45, 2.75) is 43.9 Å². The summed E-state index contributed by atoms with van der Waals surface area (Å²) in [4.78, 5) is 42.9. The van der Waals surface area contributed by atoms with Gasteiger partial charge in [0.1, 0.15) is 12.1 Å². The minimum Gasteiger partial charge on any atom is -0.480 e. The highest BCUT2D eigenvalue weighted by Gasteiger charge is 2.33. The van der Waals surface area contributed by atoms with E-state index in [1.54, 1.807) is 23.2 Å². The van der Waals surface area contributed by atoms with E-state index in [1.807, 2.05) is 36.6 Å². The number of hydrogen-bond donors (Lipinski definition) is 2. The Morgan fingerprint density at radius 1 is 1.23 bits per heavy atom. The van der Waals surface area contributed by atoms with Crippen LogP contribution >= 0.6 is 11.8 Å². The molecule has 35 heavy (non-hydrogen) atoms. The molecule has 1 aliphatic rings. The first-order chi connectivity index (χ1) is 17.0. The Bertz CT molecular complexity index is 962. The maximum absolute atomic E-state index is 13.1. The molecule has 0 saturated carbocycles. The molecule has 0 bridgehead atoms. The molecule has 0 spiro atoms. The number of benzene rings is 1. The Labute approximate surface area is 209 Å². The summed E-state index contributed by atoms with van der Waals surface area (Å²) in [5, 5.41) is 12.1. The second-order valence-electron chi connectivity index (χ2n) is 8.24. The zero-order chi connectivity index (χ0) is 25.0. The minimum absolute atomic E-state index is 0.135. The number of carboxylic acid groups (broad SMARTS) is 1. The van der Waals surface area contributed by atoms with Crippen molar-refractivity contribution in [1.82, 2.24) is 15.2 Å². The summed E-state index contributed by atoms with van der Waals surface area (Å²) in [5.74, 6) is -0.594. The second kappa shape index (κ2) is 13.7. The Kier molecular flexibility index (Phi) is 10.4. The van der Waals surface area contributed by atoms with E-state index in [2.05, 4.69) is 10.3 Å². The van der Waals surface area contributed by atoms with Gasteiger partial charge in [-0.05, 0) is 49.0 Å². The topological polar surface area (TPSA) is 118 Å². The first kappa shape index (κ1) is 26.5. The van der Waals surface area contributed by atoms with Crippen LogP contribution in [0, 0.1) is 0 Å². The number of aliphatic carboxylic acids is 1. The first-order valence-corrected chi connectivity index (χ1v) is 12.9. The van der Waals surface area contributed by atoms with Crippen LogP contribution in [0.3, 0.4) is 0 Å². The van der Waals surface area contributed by atoms with Gasteiger partial charge in [0.2, 0.25) is 5.91 Å². The summed E-state index contributed by atoms with van der Waals surface area (Å²) in [6.45, 7) is 0.661. The molecule has 3 rings (SSSR count). The van der Waals surface area contributed by atoms with Crippen LogP contribution < -0.4 is 10.1 Å². The Morgan fingerprint density at radius 2 is 2.03 bits per heavy atom. The number of carbonyl (C=O) groups is 3. The first-order valence-electron chi connectivity index (χ1n) is 11.5. The summed E-state index contributed by atoms with van der Waals surface area (Å²) in [6, 6.07) is 11.5. The second-order valence-corrected chi connectivity index (χ2v) is 9.22. The zero-order valence-corrected chi connectivity index (χ0v) is 20.5. The predicted molar refractivity (Wildman–Crippen MR) is 132 cm³/mol. The highest BCUT2D eigenvalue weighted by Crippen LogP contribution is 2.21. The molecule has 3 atom stereocenters. The fraction of sp³-hybridized carbons (Fsp3) is 0.440. The number of aromatic nitrogens is 1. The molecular weight excluding hydrogens is 470 g/mol. The third-order valence-corrected chi connectivity index (χ3v) is 6.37.